The third-order valence-electron chi connectivity index (χ3n) is 4.04. The molecule has 0 bridgehead atoms. The van der Waals surface area contributed by atoms with Gasteiger partial charge in [-0.1, -0.05) is 82.3 Å². The molecule has 0 spiro atoms. The summed E-state index contributed by atoms with van der Waals surface area (Å²) in [5, 5.41) is 0.0493. The second-order valence-electron chi connectivity index (χ2n) is 5.92. The molecule has 1 unspecified atom stereocenters. The summed E-state index contributed by atoms with van der Waals surface area (Å²) in [7, 11) is 0. The van der Waals surface area contributed by atoms with Crippen molar-refractivity contribution in [3.8, 4) is 0 Å². The van der Waals surface area contributed by atoms with E-state index in [1.54, 1.807) is 18.7 Å². The molecule has 22 heavy (non-hydrogen) atoms. The van der Waals surface area contributed by atoms with Gasteiger partial charge in [0.25, 0.3) is 0 Å². The maximum atomic E-state index is 11.8. The van der Waals surface area contributed by atoms with Crippen molar-refractivity contribution in [3.05, 3.63) is 0 Å². The minimum atomic E-state index is 0.0493. The lowest BCUT2D eigenvalue weighted by atomic mass is 10.1. The fourth-order valence-corrected chi connectivity index (χ4v) is 4.19. The van der Waals surface area contributed by atoms with Gasteiger partial charge in [-0.3, -0.25) is 4.79 Å². The lowest BCUT2D eigenvalue weighted by molar-refractivity contribution is -0.116. The molecule has 1 atom stereocenters. The number of nitrogens with zero attached hydrogens (tertiary/aromatic N) is 1. The zero-order valence-corrected chi connectivity index (χ0v) is 16.7. The summed E-state index contributed by atoms with van der Waals surface area (Å²) in [6.07, 6.45) is 11.4. The van der Waals surface area contributed by atoms with Gasteiger partial charge in [-0.25, -0.2) is 0 Å². The van der Waals surface area contributed by atoms with E-state index in [4.69, 9.17) is 12.2 Å². The number of hydrogen-bond donors (Lipinski definition) is 0. The van der Waals surface area contributed by atoms with Gasteiger partial charge in [0.2, 0.25) is 0 Å². The molecule has 0 amide bonds. The van der Waals surface area contributed by atoms with Crippen LogP contribution in [0.2, 0.25) is 0 Å². The quantitative estimate of drug-likeness (QED) is 0.309. The molecular weight excluding hydrogens is 310 g/mol. The predicted octanol–water partition coefficient (Wildman–Crippen LogP) is 5.83. The van der Waals surface area contributed by atoms with Gasteiger partial charge in [0.05, 0.1) is 5.25 Å². The fourth-order valence-electron chi connectivity index (χ4n) is 2.49. The summed E-state index contributed by atoms with van der Waals surface area (Å²) in [6, 6.07) is 0. The van der Waals surface area contributed by atoms with E-state index in [9.17, 15) is 4.79 Å². The third-order valence-corrected chi connectivity index (χ3v) is 5.90. The highest BCUT2D eigenvalue weighted by Crippen LogP contribution is 2.23. The zero-order chi connectivity index (χ0) is 16.8. The SMILES string of the molecule is CCCCCCCCCCC(SC(=S)N(CC)CC)C(C)=O. The van der Waals surface area contributed by atoms with Crippen molar-refractivity contribution in [2.24, 2.45) is 0 Å². The molecule has 130 valence electrons. The summed E-state index contributed by atoms with van der Waals surface area (Å²) in [6.45, 7) is 10.0. The Kier molecular flexibility index (Phi) is 14.4. The van der Waals surface area contributed by atoms with E-state index in [0.29, 0.717) is 0 Å². The van der Waals surface area contributed by atoms with Crippen molar-refractivity contribution in [2.45, 2.75) is 90.7 Å². The summed E-state index contributed by atoms with van der Waals surface area (Å²) in [5.41, 5.74) is 0. The summed E-state index contributed by atoms with van der Waals surface area (Å²) in [4.78, 5) is 14.0. The van der Waals surface area contributed by atoms with Crippen LogP contribution in [0.4, 0.5) is 0 Å². The highest BCUT2D eigenvalue weighted by molar-refractivity contribution is 8.23. The van der Waals surface area contributed by atoms with Gasteiger partial charge in [-0.2, -0.15) is 0 Å². The summed E-state index contributed by atoms with van der Waals surface area (Å²) in [5.74, 6) is 0.266. The number of carbonyl (C=O) groups excluding carboxylic acids is 1. The first-order chi connectivity index (χ1) is 10.6. The van der Waals surface area contributed by atoms with E-state index in [-0.39, 0.29) is 11.0 Å². The molecule has 0 aromatic carbocycles. The lowest BCUT2D eigenvalue weighted by Gasteiger charge is -2.23. The van der Waals surface area contributed by atoms with Crippen molar-refractivity contribution in [3.63, 3.8) is 0 Å². The van der Waals surface area contributed by atoms with Gasteiger partial charge in [0.15, 0.2) is 0 Å². The molecule has 0 aliphatic carbocycles. The number of ketones is 1. The molecule has 2 nitrogen and oxygen atoms in total. The van der Waals surface area contributed by atoms with Crippen LogP contribution in [0, 0.1) is 0 Å². The average molecular weight is 346 g/mol. The van der Waals surface area contributed by atoms with Gasteiger partial charge in [-0.05, 0) is 27.2 Å². The van der Waals surface area contributed by atoms with Crippen LogP contribution in [0.5, 0.6) is 0 Å². The van der Waals surface area contributed by atoms with Gasteiger partial charge in [0.1, 0.15) is 10.1 Å². The van der Waals surface area contributed by atoms with Crippen molar-refractivity contribution < 1.29 is 4.79 Å². The minimum Gasteiger partial charge on any atom is -0.358 e. The third kappa shape index (κ3) is 10.6. The molecule has 4 heteroatoms. The van der Waals surface area contributed by atoms with E-state index >= 15 is 0 Å². The molecule has 0 rings (SSSR count). The van der Waals surface area contributed by atoms with Gasteiger partial charge in [0, 0.05) is 13.1 Å². The van der Waals surface area contributed by atoms with Crippen LogP contribution in [0.25, 0.3) is 0 Å². The molecule has 0 N–H and O–H groups in total. The highest BCUT2D eigenvalue weighted by atomic mass is 32.2. The van der Waals surface area contributed by atoms with E-state index in [1.807, 2.05) is 0 Å². The Labute approximate surface area is 147 Å². The first-order valence-corrected chi connectivity index (χ1v) is 10.3. The Morgan fingerprint density at radius 1 is 0.955 bits per heavy atom. The Hall–Kier alpha value is -0.0900. The number of carbonyl (C=O) groups is 1. The van der Waals surface area contributed by atoms with Gasteiger partial charge in [-0.15, -0.1) is 0 Å². The largest absolute Gasteiger partial charge is 0.358 e. The lowest BCUT2D eigenvalue weighted by Crippen LogP contribution is -2.29. The monoisotopic (exact) mass is 345 g/mol. The second-order valence-corrected chi connectivity index (χ2v) is 7.76. The van der Waals surface area contributed by atoms with Crippen molar-refractivity contribution >= 4 is 34.1 Å². The summed E-state index contributed by atoms with van der Waals surface area (Å²) < 4.78 is 0.879. The number of Topliss-reactive ketones (excluding diaryl/α,β-unsaturated/α-hetero) is 1. The standard InChI is InChI=1S/C18H35NOS2/c1-5-8-9-10-11-12-13-14-15-17(16(4)20)22-18(21)19(6-2)7-3/h17H,5-15H2,1-4H3. The van der Waals surface area contributed by atoms with Gasteiger partial charge >= 0.3 is 0 Å². The predicted molar refractivity (Wildman–Crippen MR) is 105 cm³/mol. The first-order valence-electron chi connectivity index (χ1n) is 9.02. The molecular formula is C18H35NOS2. The van der Waals surface area contributed by atoms with Crippen molar-refractivity contribution in [2.75, 3.05) is 13.1 Å². The molecule has 0 saturated heterocycles. The smallest absolute Gasteiger partial charge is 0.143 e. The average Bonchev–Trinajstić information content (AvgIpc) is 2.49. The molecule has 0 aromatic heterocycles. The van der Waals surface area contributed by atoms with E-state index in [2.05, 4.69) is 25.7 Å². The molecule has 0 heterocycles. The zero-order valence-electron chi connectivity index (χ0n) is 15.0. The normalized spacial score (nSPS) is 12.2. The van der Waals surface area contributed by atoms with Crippen molar-refractivity contribution in [1.29, 1.82) is 0 Å². The van der Waals surface area contributed by atoms with E-state index in [0.717, 1.165) is 30.3 Å². The highest BCUT2D eigenvalue weighted by Gasteiger charge is 2.19. The molecule has 0 aliphatic rings. The molecule has 0 saturated carbocycles. The first kappa shape index (κ1) is 21.9. The molecule has 0 aliphatic heterocycles. The van der Waals surface area contributed by atoms with Crippen LogP contribution >= 0.6 is 24.0 Å². The number of thiocarbonyl (C=S) groups is 1. The number of unbranched alkanes of at least 4 members (excludes halogenated alkanes) is 7. The van der Waals surface area contributed by atoms with E-state index in [1.165, 1.54) is 44.9 Å². The van der Waals surface area contributed by atoms with Gasteiger partial charge < -0.3 is 4.90 Å². The summed E-state index contributed by atoms with van der Waals surface area (Å²) >= 11 is 7.06. The molecule has 0 radical (unpaired) electrons. The minimum absolute atomic E-state index is 0.0493. The molecule has 0 aromatic rings. The van der Waals surface area contributed by atoms with Crippen LogP contribution in [-0.4, -0.2) is 33.3 Å². The number of thioether (sulfide) groups is 1. The topological polar surface area (TPSA) is 20.3 Å². The Morgan fingerprint density at radius 3 is 1.91 bits per heavy atom. The van der Waals surface area contributed by atoms with Crippen LogP contribution < -0.4 is 0 Å². The Morgan fingerprint density at radius 2 is 1.45 bits per heavy atom. The van der Waals surface area contributed by atoms with Crippen LogP contribution in [-0.2, 0) is 4.79 Å². The Bertz CT molecular complexity index is 303. The maximum absolute atomic E-state index is 11.8. The van der Waals surface area contributed by atoms with Crippen LogP contribution in [0.15, 0.2) is 0 Å². The maximum Gasteiger partial charge on any atom is 0.143 e. The van der Waals surface area contributed by atoms with E-state index < -0.39 is 0 Å². The van der Waals surface area contributed by atoms with Crippen LogP contribution in [0.1, 0.15) is 85.5 Å². The number of rotatable bonds is 13. The second kappa shape index (κ2) is 14.5. The fraction of sp³-hybridized carbons (Fsp3) is 0.889. The molecule has 0 fully saturated rings. The van der Waals surface area contributed by atoms with Crippen molar-refractivity contribution in [1.82, 2.24) is 4.90 Å². The Balaban J connectivity index is 3.91. The number of hydrogen-bond acceptors (Lipinski definition) is 3. The van der Waals surface area contributed by atoms with Crippen LogP contribution in [0.3, 0.4) is 0 Å².